The molecule has 0 bridgehead atoms. The Kier molecular flexibility index (Phi) is 3.19. The molecule has 1 aromatic carbocycles. The van der Waals surface area contributed by atoms with Crippen molar-refractivity contribution in [3.8, 4) is 11.3 Å². The van der Waals surface area contributed by atoms with Gasteiger partial charge in [-0.1, -0.05) is 12.1 Å². The Morgan fingerprint density at radius 1 is 1.19 bits per heavy atom. The van der Waals surface area contributed by atoms with Crippen molar-refractivity contribution in [2.75, 3.05) is 12.8 Å². The van der Waals surface area contributed by atoms with E-state index in [9.17, 15) is 4.79 Å². The van der Waals surface area contributed by atoms with Crippen LogP contribution in [0.25, 0.3) is 22.3 Å². The van der Waals surface area contributed by atoms with Crippen molar-refractivity contribution in [2.45, 2.75) is 0 Å². The number of benzene rings is 1. The van der Waals surface area contributed by atoms with Gasteiger partial charge in [-0.3, -0.25) is 4.79 Å². The highest BCUT2D eigenvalue weighted by Gasteiger charge is 2.08. The van der Waals surface area contributed by atoms with Crippen LogP contribution in [0.4, 0.5) is 5.82 Å². The minimum atomic E-state index is -0.138. The fourth-order valence-electron chi connectivity index (χ4n) is 2.08. The van der Waals surface area contributed by atoms with Gasteiger partial charge in [-0.25, -0.2) is 15.0 Å². The predicted molar refractivity (Wildman–Crippen MR) is 80.6 cm³/mol. The molecule has 0 aliphatic carbocycles. The highest BCUT2D eigenvalue weighted by molar-refractivity contribution is 5.95. The van der Waals surface area contributed by atoms with Crippen molar-refractivity contribution >= 4 is 22.8 Å². The second-order valence-corrected chi connectivity index (χ2v) is 4.48. The molecule has 6 heteroatoms. The number of nitrogens with zero attached hydrogens (tertiary/aromatic N) is 3. The number of carbonyl (C=O) groups is 1. The van der Waals surface area contributed by atoms with Gasteiger partial charge in [0, 0.05) is 18.2 Å². The molecule has 3 rings (SSSR count). The third-order valence-corrected chi connectivity index (χ3v) is 3.16. The summed E-state index contributed by atoms with van der Waals surface area (Å²) in [6, 6.07) is 10.9. The fourth-order valence-corrected chi connectivity index (χ4v) is 2.08. The average Bonchev–Trinajstić information content (AvgIpc) is 2.54. The summed E-state index contributed by atoms with van der Waals surface area (Å²) in [4.78, 5) is 24.2. The summed E-state index contributed by atoms with van der Waals surface area (Å²) in [7, 11) is 1.60. The molecule has 0 saturated carbocycles. The zero-order chi connectivity index (χ0) is 14.8. The highest BCUT2D eigenvalue weighted by atomic mass is 16.1. The van der Waals surface area contributed by atoms with Gasteiger partial charge in [-0.15, -0.1) is 0 Å². The van der Waals surface area contributed by atoms with Crippen molar-refractivity contribution in [1.82, 2.24) is 20.3 Å². The molecule has 6 nitrogen and oxygen atoms in total. The van der Waals surface area contributed by atoms with Crippen LogP contribution in [-0.2, 0) is 0 Å². The minimum absolute atomic E-state index is 0.138. The first-order valence-electron chi connectivity index (χ1n) is 6.39. The van der Waals surface area contributed by atoms with E-state index in [1.807, 2.05) is 24.3 Å². The van der Waals surface area contributed by atoms with Crippen LogP contribution < -0.4 is 11.1 Å². The van der Waals surface area contributed by atoms with Crippen LogP contribution in [0.3, 0.4) is 0 Å². The molecule has 0 atom stereocenters. The first-order valence-corrected chi connectivity index (χ1v) is 6.39. The Morgan fingerprint density at radius 2 is 2.05 bits per heavy atom. The van der Waals surface area contributed by atoms with Gasteiger partial charge < -0.3 is 11.1 Å². The number of anilines is 1. The molecule has 3 N–H and O–H groups in total. The van der Waals surface area contributed by atoms with Crippen LogP contribution in [0, 0.1) is 0 Å². The van der Waals surface area contributed by atoms with Gasteiger partial charge in [-0.05, 0) is 24.3 Å². The number of nitrogens with one attached hydrogen (secondary N) is 1. The molecule has 3 aromatic rings. The summed E-state index contributed by atoms with van der Waals surface area (Å²) in [6.45, 7) is 0. The van der Waals surface area contributed by atoms with Gasteiger partial charge in [0.1, 0.15) is 11.8 Å². The largest absolute Gasteiger partial charge is 0.382 e. The molecule has 1 amide bonds. The number of rotatable bonds is 2. The molecule has 0 radical (unpaired) electrons. The fraction of sp³-hybridized carbons (Fsp3) is 0.0667. The number of nitrogens with two attached hydrogens (primary N) is 1. The highest BCUT2D eigenvalue weighted by Crippen LogP contribution is 2.22. The van der Waals surface area contributed by atoms with E-state index in [1.54, 1.807) is 19.2 Å². The lowest BCUT2D eigenvalue weighted by atomic mass is 10.1. The Hall–Kier alpha value is -3.02. The van der Waals surface area contributed by atoms with Crippen LogP contribution in [0.2, 0.25) is 0 Å². The Balaban J connectivity index is 2.12. The lowest BCUT2D eigenvalue weighted by molar-refractivity contribution is 0.0963. The van der Waals surface area contributed by atoms with E-state index in [2.05, 4.69) is 20.3 Å². The van der Waals surface area contributed by atoms with Gasteiger partial charge in [0.05, 0.1) is 11.2 Å². The molecular weight excluding hydrogens is 266 g/mol. The smallest absolute Gasteiger partial charge is 0.251 e. The van der Waals surface area contributed by atoms with Crippen LogP contribution >= 0.6 is 0 Å². The minimum Gasteiger partial charge on any atom is -0.382 e. The Morgan fingerprint density at radius 3 is 2.86 bits per heavy atom. The van der Waals surface area contributed by atoms with Crippen molar-refractivity contribution in [2.24, 2.45) is 0 Å². The van der Waals surface area contributed by atoms with E-state index >= 15 is 0 Å². The van der Waals surface area contributed by atoms with Crippen molar-refractivity contribution in [3.05, 3.63) is 48.3 Å². The lowest BCUT2D eigenvalue weighted by Crippen LogP contribution is -2.17. The summed E-state index contributed by atoms with van der Waals surface area (Å²) in [5, 5.41) is 2.60. The standard InChI is InChI=1S/C15H13N5O/c1-17-15(21)10-4-2-3-9(7-10)11-5-6-12-13(20-11)14(16)19-8-18-12/h2-8H,1H3,(H,17,21)(H2,16,18,19). The first kappa shape index (κ1) is 13.0. The molecule has 21 heavy (non-hydrogen) atoms. The number of fused-ring (bicyclic) bond motifs is 1. The van der Waals surface area contributed by atoms with Crippen molar-refractivity contribution in [1.29, 1.82) is 0 Å². The monoisotopic (exact) mass is 279 g/mol. The third kappa shape index (κ3) is 2.38. The van der Waals surface area contributed by atoms with Crippen LogP contribution in [0.1, 0.15) is 10.4 Å². The van der Waals surface area contributed by atoms with E-state index in [0.717, 1.165) is 11.3 Å². The number of pyridine rings is 1. The summed E-state index contributed by atoms with van der Waals surface area (Å²) < 4.78 is 0. The molecule has 2 heterocycles. The van der Waals surface area contributed by atoms with Gasteiger partial charge in [-0.2, -0.15) is 0 Å². The molecule has 0 spiro atoms. The Bertz CT molecular complexity index is 831. The predicted octanol–water partition coefficient (Wildman–Crippen LogP) is 1.63. The summed E-state index contributed by atoms with van der Waals surface area (Å²) in [6.07, 6.45) is 1.41. The molecule has 0 unspecified atom stereocenters. The van der Waals surface area contributed by atoms with Crippen LogP contribution in [0.5, 0.6) is 0 Å². The molecule has 104 valence electrons. The Labute approximate surface area is 121 Å². The summed E-state index contributed by atoms with van der Waals surface area (Å²) in [5.74, 6) is 0.199. The second kappa shape index (κ2) is 5.16. The van der Waals surface area contributed by atoms with Crippen molar-refractivity contribution < 1.29 is 4.79 Å². The average molecular weight is 279 g/mol. The van der Waals surface area contributed by atoms with E-state index < -0.39 is 0 Å². The quantitative estimate of drug-likeness (QED) is 0.743. The zero-order valence-corrected chi connectivity index (χ0v) is 11.4. The number of amides is 1. The van der Waals surface area contributed by atoms with Gasteiger partial charge in [0.2, 0.25) is 0 Å². The maximum atomic E-state index is 11.7. The number of hydrogen-bond donors (Lipinski definition) is 2. The summed E-state index contributed by atoms with van der Waals surface area (Å²) >= 11 is 0. The van der Waals surface area contributed by atoms with E-state index in [0.29, 0.717) is 22.4 Å². The number of nitrogen functional groups attached to an aromatic ring is 1. The molecular formula is C15H13N5O. The molecule has 0 fully saturated rings. The molecule has 2 aromatic heterocycles. The van der Waals surface area contributed by atoms with E-state index in [1.165, 1.54) is 6.33 Å². The number of aromatic nitrogens is 3. The second-order valence-electron chi connectivity index (χ2n) is 4.48. The molecule has 0 aliphatic rings. The first-order chi connectivity index (χ1) is 10.2. The number of carbonyl (C=O) groups excluding carboxylic acids is 1. The van der Waals surface area contributed by atoms with Crippen LogP contribution in [-0.4, -0.2) is 27.9 Å². The SMILES string of the molecule is CNC(=O)c1cccc(-c2ccc3ncnc(N)c3n2)c1. The van der Waals surface area contributed by atoms with Gasteiger partial charge in [0.15, 0.2) is 5.82 Å². The number of hydrogen-bond acceptors (Lipinski definition) is 5. The van der Waals surface area contributed by atoms with Gasteiger partial charge >= 0.3 is 0 Å². The maximum Gasteiger partial charge on any atom is 0.251 e. The van der Waals surface area contributed by atoms with Gasteiger partial charge in [0.25, 0.3) is 5.91 Å². The zero-order valence-electron chi connectivity index (χ0n) is 11.4. The lowest BCUT2D eigenvalue weighted by Gasteiger charge is -2.06. The molecule has 0 saturated heterocycles. The maximum absolute atomic E-state index is 11.7. The topological polar surface area (TPSA) is 93.8 Å². The summed E-state index contributed by atoms with van der Waals surface area (Å²) in [5.41, 5.74) is 9.20. The van der Waals surface area contributed by atoms with E-state index in [-0.39, 0.29) is 5.91 Å². The normalized spacial score (nSPS) is 10.5. The van der Waals surface area contributed by atoms with E-state index in [4.69, 9.17) is 5.73 Å². The van der Waals surface area contributed by atoms with Crippen LogP contribution in [0.15, 0.2) is 42.7 Å². The third-order valence-electron chi connectivity index (χ3n) is 3.16. The molecule has 0 aliphatic heterocycles. The van der Waals surface area contributed by atoms with Crippen molar-refractivity contribution in [3.63, 3.8) is 0 Å².